The van der Waals surface area contributed by atoms with E-state index >= 15 is 0 Å². The zero-order valence-electron chi connectivity index (χ0n) is 14.7. The van der Waals surface area contributed by atoms with E-state index in [2.05, 4.69) is 27.7 Å². The molecule has 6 heteroatoms. The van der Waals surface area contributed by atoms with Gasteiger partial charge in [-0.2, -0.15) is 0 Å². The molecule has 1 amide bonds. The number of nitrogens with zero attached hydrogens (tertiary/aromatic N) is 1. The number of amides is 1. The minimum Gasteiger partial charge on any atom is -0.485 e. The Kier molecular flexibility index (Phi) is 5.41. The van der Waals surface area contributed by atoms with Crippen LogP contribution in [0.15, 0.2) is 41.8 Å². The van der Waals surface area contributed by atoms with Crippen LogP contribution < -0.4 is 14.8 Å². The average Bonchev–Trinajstić information content (AvgIpc) is 3.19. The van der Waals surface area contributed by atoms with Crippen LogP contribution in [0.5, 0.6) is 11.5 Å². The van der Waals surface area contributed by atoms with Crippen molar-refractivity contribution < 1.29 is 14.3 Å². The van der Waals surface area contributed by atoms with Gasteiger partial charge in [-0.25, -0.2) is 0 Å². The van der Waals surface area contributed by atoms with Gasteiger partial charge >= 0.3 is 0 Å². The molecule has 5 nitrogen and oxygen atoms in total. The van der Waals surface area contributed by atoms with Crippen molar-refractivity contribution in [2.75, 3.05) is 26.2 Å². The van der Waals surface area contributed by atoms with Gasteiger partial charge in [-0.15, -0.1) is 11.3 Å². The summed E-state index contributed by atoms with van der Waals surface area (Å²) in [6.07, 6.45) is 1.77. The summed E-state index contributed by atoms with van der Waals surface area (Å²) in [6.45, 7) is 4.14. The van der Waals surface area contributed by atoms with Crippen LogP contribution in [-0.4, -0.2) is 43.2 Å². The normalized spacial score (nSPS) is 22.8. The molecule has 2 aromatic rings. The van der Waals surface area contributed by atoms with Crippen molar-refractivity contribution in [1.82, 2.24) is 10.2 Å². The lowest BCUT2D eigenvalue weighted by atomic mass is 9.98. The first kappa shape index (κ1) is 17.4. The predicted octanol–water partition coefficient (Wildman–Crippen LogP) is 2.92. The number of fused-ring (bicyclic) bond motifs is 1. The highest BCUT2D eigenvalue weighted by atomic mass is 32.1. The van der Waals surface area contributed by atoms with E-state index < -0.39 is 6.10 Å². The second-order valence-electron chi connectivity index (χ2n) is 6.93. The van der Waals surface area contributed by atoms with E-state index in [0.717, 1.165) is 26.1 Å². The van der Waals surface area contributed by atoms with Crippen LogP contribution in [0.25, 0.3) is 0 Å². The molecule has 1 saturated heterocycles. The molecular formula is C20H24N2O3S. The molecule has 4 rings (SSSR count). The quantitative estimate of drug-likeness (QED) is 0.877. The van der Waals surface area contributed by atoms with Crippen LogP contribution in [0, 0.1) is 5.92 Å². The van der Waals surface area contributed by atoms with Crippen LogP contribution in [0.2, 0.25) is 0 Å². The minimum atomic E-state index is -0.573. The van der Waals surface area contributed by atoms with Crippen molar-refractivity contribution in [3.63, 3.8) is 0 Å². The summed E-state index contributed by atoms with van der Waals surface area (Å²) < 4.78 is 11.4. The SMILES string of the molecule is O=C(NC[C@H]1CCCN(Cc2cccs2)C1)[C@@H]1COc2ccccc2O1. The number of thiophene rings is 1. The molecule has 2 atom stereocenters. The Morgan fingerprint density at radius 3 is 2.96 bits per heavy atom. The molecular weight excluding hydrogens is 348 g/mol. The molecule has 3 heterocycles. The summed E-state index contributed by atoms with van der Waals surface area (Å²) in [5.41, 5.74) is 0. The van der Waals surface area contributed by atoms with Gasteiger partial charge < -0.3 is 14.8 Å². The average molecular weight is 372 g/mol. The van der Waals surface area contributed by atoms with Gasteiger partial charge in [0.05, 0.1) is 0 Å². The Hall–Kier alpha value is -2.05. The second kappa shape index (κ2) is 8.10. The van der Waals surface area contributed by atoms with Gasteiger partial charge in [-0.3, -0.25) is 9.69 Å². The van der Waals surface area contributed by atoms with Crippen molar-refractivity contribution in [3.8, 4) is 11.5 Å². The maximum Gasteiger partial charge on any atom is 0.264 e. The Bertz CT molecular complexity index is 734. The van der Waals surface area contributed by atoms with Gasteiger partial charge in [-0.1, -0.05) is 18.2 Å². The lowest BCUT2D eigenvalue weighted by Crippen LogP contribution is -2.47. The summed E-state index contributed by atoms with van der Waals surface area (Å²) >= 11 is 1.81. The first-order valence-corrected chi connectivity index (χ1v) is 10.1. The molecule has 1 fully saturated rings. The number of nitrogens with one attached hydrogen (secondary N) is 1. The van der Waals surface area contributed by atoms with Crippen LogP contribution >= 0.6 is 11.3 Å². The maximum absolute atomic E-state index is 12.5. The van der Waals surface area contributed by atoms with Gasteiger partial charge in [-0.05, 0) is 48.9 Å². The molecule has 0 unspecified atom stereocenters. The van der Waals surface area contributed by atoms with Crippen LogP contribution in [0.3, 0.4) is 0 Å². The van der Waals surface area contributed by atoms with E-state index in [0.29, 0.717) is 24.0 Å². The van der Waals surface area contributed by atoms with E-state index in [1.165, 1.54) is 11.3 Å². The summed E-state index contributed by atoms with van der Waals surface area (Å²) in [7, 11) is 0. The van der Waals surface area contributed by atoms with Crippen molar-refractivity contribution in [1.29, 1.82) is 0 Å². The molecule has 1 aromatic heterocycles. The van der Waals surface area contributed by atoms with Crippen molar-refractivity contribution in [2.45, 2.75) is 25.5 Å². The summed E-state index contributed by atoms with van der Waals surface area (Å²) in [6, 6.07) is 11.8. The first-order valence-electron chi connectivity index (χ1n) is 9.19. The van der Waals surface area contributed by atoms with Gasteiger partial charge in [0.15, 0.2) is 11.5 Å². The molecule has 138 valence electrons. The summed E-state index contributed by atoms with van der Waals surface area (Å²) in [4.78, 5) is 16.4. The van der Waals surface area contributed by atoms with Crippen molar-refractivity contribution >= 4 is 17.2 Å². The molecule has 26 heavy (non-hydrogen) atoms. The maximum atomic E-state index is 12.5. The van der Waals surface area contributed by atoms with Gasteiger partial charge in [0, 0.05) is 24.5 Å². The number of likely N-dealkylation sites (tertiary alicyclic amines) is 1. The Morgan fingerprint density at radius 2 is 2.12 bits per heavy atom. The number of ether oxygens (including phenoxy) is 2. The highest BCUT2D eigenvalue weighted by molar-refractivity contribution is 7.09. The number of hydrogen-bond donors (Lipinski definition) is 1. The Morgan fingerprint density at radius 1 is 1.23 bits per heavy atom. The molecule has 0 spiro atoms. The number of para-hydroxylation sites is 2. The number of rotatable bonds is 5. The lowest BCUT2D eigenvalue weighted by molar-refractivity contribution is -0.130. The smallest absolute Gasteiger partial charge is 0.264 e. The highest BCUT2D eigenvalue weighted by Crippen LogP contribution is 2.30. The third kappa shape index (κ3) is 4.19. The van der Waals surface area contributed by atoms with Crippen molar-refractivity contribution in [2.24, 2.45) is 5.92 Å². The molecule has 2 aliphatic rings. The molecule has 2 aliphatic heterocycles. The third-order valence-electron chi connectivity index (χ3n) is 4.93. The van der Waals surface area contributed by atoms with E-state index in [4.69, 9.17) is 9.47 Å². The number of piperidine rings is 1. The fraction of sp³-hybridized carbons (Fsp3) is 0.450. The molecule has 0 aliphatic carbocycles. The molecule has 1 N–H and O–H groups in total. The van der Waals surface area contributed by atoms with Gasteiger partial charge in [0.1, 0.15) is 6.61 Å². The molecule has 0 saturated carbocycles. The highest BCUT2D eigenvalue weighted by Gasteiger charge is 2.28. The number of carbonyl (C=O) groups excluding carboxylic acids is 1. The summed E-state index contributed by atoms with van der Waals surface area (Å²) in [5.74, 6) is 1.74. The zero-order valence-corrected chi connectivity index (χ0v) is 15.5. The fourth-order valence-corrected chi connectivity index (χ4v) is 4.34. The largest absolute Gasteiger partial charge is 0.485 e. The third-order valence-corrected chi connectivity index (χ3v) is 5.79. The topological polar surface area (TPSA) is 50.8 Å². The van der Waals surface area contributed by atoms with Gasteiger partial charge in [0.2, 0.25) is 6.10 Å². The number of benzene rings is 1. The Labute approximate surface area is 157 Å². The Balaban J connectivity index is 1.25. The fourth-order valence-electron chi connectivity index (χ4n) is 3.59. The van der Waals surface area contributed by atoms with Crippen LogP contribution in [-0.2, 0) is 11.3 Å². The molecule has 0 radical (unpaired) electrons. The number of hydrogen-bond acceptors (Lipinski definition) is 5. The first-order chi connectivity index (χ1) is 12.8. The van der Waals surface area contributed by atoms with Gasteiger partial charge in [0.25, 0.3) is 5.91 Å². The van der Waals surface area contributed by atoms with Crippen molar-refractivity contribution in [3.05, 3.63) is 46.7 Å². The standard InChI is InChI=1S/C20H24N2O3S/c23-20(19-14-24-17-7-1-2-8-18(17)25-19)21-11-15-5-3-9-22(12-15)13-16-6-4-10-26-16/h1-2,4,6-8,10,15,19H,3,5,9,11-14H2,(H,21,23)/t15-,19+/m1/s1. The monoisotopic (exact) mass is 372 g/mol. The predicted molar refractivity (Wildman–Crippen MR) is 102 cm³/mol. The lowest BCUT2D eigenvalue weighted by Gasteiger charge is -2.33. The minimum absolute atomic E-state index is 0.0881. The number of carbonyl (C=O) groups is 1. The van der Waals surface area contributed by atoms with Crippen LogP contribution in [0.1, 0.15) is 17.7 Å². The van der Waals surface area contributed by atoms with E-state index in [-0.39, 0.29) is 12.5 Å². The molecule has 0 bridgehead atoms. The zero-order chi connectivity index (χ0) is 17.8. The van der Waals surface area contributed by atoms with E-state index in [1.54, 1.807) is 0 Å². The van der Waals surface area contributed by atoms with E-state index in [1.807, 2.05) is 35.6 Å². The second-order valence-corrected chi connectivity index (χ2v) is 7.96. The van der Waals surface area contributed by atoms with E-state index in [9.17, 15) is 4.79 Å². The molecule has 1 aromatic carbocycles. The summed E-state index contributed by atoms with van der Waals surface area (Å²) in [5, 5.41) is 5.19. The van der Waals surface area contributed by atoms with Crippen LogP contribution in [0.4, 0.5) is 0 Å².